The van der Waals surface area contributed by atoms with Gasteiger partial charge in [0.2, 0.25) is 0 Å². The number of rotatable bonds is 6. The second-order valence-corrected chi connectivity index (χ2v) is 14.3. The van der Waals surface area contributed by atoms with E-state index in [0.29, 0.717) is 0 Å². The lowest BCUT2D eigenvalue weighted by molar-refractivity contribution is 0.00578. The van der Waals surface area contributed by atoms with Crippen molar-refractivity contribution in [3.8, 4) is 11.5 Å². The molecule has 0 radical (unpaired) electrons. The van der Waals surface area contributed by atoms with Crippen LogP contribution in [0.3, 0.4) is 0 Å². The highest BCUT2D eigenvalue weighted by Crippen LogP contribution is 2.40. The van der Waals surface area contributed by atoms with E-state index in [1.54, 1.807) is 24.3 Å². The first kappa shape index (κ1) is 32.1. The van der Waals surface area contributed by atoms with Gasteiger partial charge in [0, 0.05) is 0 Å². The Kier molecular flexibility index (Phi) is 8.01. The molecule has 236 valence electrons. The summed E-state index contributed by atoms with van der Waals surface area (Å²) in [5.41, 5.74) is 5.87. The van der Waals surface area contributed by atoms with Crippen LogP contribution in [0.2, 0.25) is 0 Å². The van der Waals surface area contributed by atoms with Crippen LogP contribution in [0, 0.1) is 0 Å². The van der Waals surface area contributed by atoms with E-state index in [1.807, 2.05) is 24.3 Å². The highest BCUT2D eigenvalue weighted by Gasteiger charge is 2.52. The van der Waals surface area contributed by atoms with E-state index in [-0.39, 0.29) is 11.5 Å². The van der Waals surface area contributed by atoms with Gasteiger partial charge in [0.05, 0.1) is 22.4 Å². The smallest absolute Gasteiger partial charge is 0.494 e. The molecule has 46 heavy (non-hydrogen) atoms. The molecule has 0 amide bonds. The fourth-order valence-electron chi connectivity index (χ4n) is 5.74. The fraction of sp³-hybridized carbons (Fsp3) is 0.316. The molecule has 0 atom stereocenters. The molecule has 6 nitrogen and oxygen atoms in total. The molecular formula is C38H42B2O6. The third-order valence-electron chi connectivity index (χ3n) is 10.0. The molecule has 0 unspecified atom stereocenters. The molecule has 2 fully saturated rings. The van der Waals surface area contributed by atoms with Gasteiger partial charge in [0.1, 0.15) is 11.5 Å². The second-order valence-electron chi connectivity index (χ2n) is 14.3. The lowest BCUT2D eigenvalue weighted by atomic mass is 9.76. The topological polar surface area (TPSA) is 77.4 Å². The number of benzene rings is 4. The van der Waals surface area contributed by atoms with E-state index in [2.05, 4.69) is 104 Å². The van der Waals surface area contributed by atoms with Gasteiger partial charge in [-0.1, -0.05) is 72.8 Å². The van der Waals surface area contributed by atoms with Crippen molar-refractivity contribution in [1.29, 1.82) is 0 Å². The Morgan fingerprint density at radius 3 is 0.848 bits per heavy atom. The summed E-state index contributed by atoms with van der Waals surface area (Å²) in [6.07, 6.45) is 0. The van der Waals surface area contributed by atoms with Gasteiger partial charge < -0.3 is 28.8 Å². The predicted octanol–water partition coefficient (Wildman–Crippen LogP) is 6.70. The number of hydrogen-bond donors (Lipinski definition) is 2. The van der Waals surface area contributed by atoms with Crippen molar-refractivity contribution in [2.75, 3.05) is 0 Å². The van der Waals surface area contributed by atoms with Crippen molar-refractivity contribution in [3.63, 3.8) is 0 Å². The maximum Gasteiger partial charge on any atom is 0.494 e. The van der Waals surface area contributed by atoms with E-state index in [4.69, 9.17) is 18.6 Å². The summed E-state index contributed by atoms with van der Waals surface area (Å²) < 4.78 is 25.3. The lowest BCUT2D eigenvalue weighted by Crippen LogP contribution is -2.41. The van der Waals surface area contributed by atoms with Gasteiger partial charge in [-0.3, -0.25) is 0 Å². The van der Waals surface area contributed by atoms with Crippen LogP contribution >= 0.6 is 0 Å². The van der Waals surface area contributed by atoms with Crippen LogP contribution in [-0.4, -0.2) is 46.9 Å². The molecule has 2 saturated heterocycles. The maximum absolute atomic E-state index is 10.1. The molecule has 2 aliphatic rings. The Hall–Kier alpha value is -3.81. The Morgan fingerprint density at radius 2 is 0.609 bits per heavy atom. The third kappa shape index (κ3) is 5.91. The van der Waals surface area contributed by atoms with Crippen LogP contribution in [0.5, 0.6) is 11.5 Å². The van der Waals surface area contributed by atoms with E-state index in [0.717, 1.165) is 44.3 Å². The first-order chi connectivity index (χ1) is 21.6. The molecule has 4 aromatic carbocycles. The van der Waals surface area contributed by atoms with Crippen LogP contribution in [0.15, 0.2) is 97.1 Å². The van der Waals surface area contributed by atoms with Crippen LogP contribution in [0.25, 0.3) is 11.1 Å². The van der Waals surface area contributed by atoms with Gasteiger partial charge in [-0.25, -0.2) is 0 Å². The number of hydrogen-bond acceptors (Lipinski definition) is 6. The molecule has 2 N–H and O–H groups in total. The molecule has 0 aliphatic carbocycles. The molecule has 0 aromatic heterocycles. The summed E-state index contributed by atoms with van der Waals surface area (Å²) in [5, 5.41) is 20.3. The molecule has 4 aromatic rings. The molecule has 2 aliphatic heterocycles. The van der Waals surface area contributed by atoms with Gasteiger partial charge >= 0.3 is 14.2 Å². The normalized spacial score (nSPS) is 19.3. The third-order valence-corrected chi connectivity index (χ3v) is 10.0. The number of phenols is 2. The van der Waals surface area contributed by atoms with Crippen LogP contribution in [0.1, 0.15) is 77.6 Å². The zero-order valence-corrected chi connectivity index (χ0v) is 27.9. The zero-order chi connectivity index (χ0) is 33.1. The Balaban J connectivity index is 1.49. The predicted molar refractivity (Wildman–Crippen MR) is 186 cm³/mol. The summed E-state index contributed by atoms with van der Waals surface area (Å²) in [5.74, 6) is 0.378. The molecule has 0 saturated carbocycles. The van der Waals surface area contributed by atoms with E-state index >= 15 is 0 Å². The van der Waals surface area contributed by atoms with E-state index in [9.17, 15) is 10.2 Å². The summed E-state index contributed by atoms with van der Waals surface area (Å²) in [6.45, 7) is 16.4. The molecule has 2 heterocycles. The van der Waals surface area contributed by atoms with Crippen molar-refractivity contribution < 1.29 is 28.8 Å². The first-order valence-electron chi connectivity index (χ1n) is 15.8. The molecule has 0 spiro atoms. The Labute approximate surface area is 273 Å². The van der Waals surface area contributed by atoms with E-state index in [1.165, 1.54) is 0 Å². The Morgan fingerprint density at radius 1 is 0.391 bits per heavy atom. The van der Waals surface area contributed by atoms with Crippen LogP contribution in [-0.2, 0) is 18.6 Å². The molecule has 0 bridgehead atoms. The average Bonchev–Trinajstić information content (AvgIpc) is 3.36. The summed E-state index contributed by atoms with van der Waals surface area (Å²) in [6, 6.07) is 31.0. The van der Waals surface area contributed by atoms with Gasteiger partial charge in [-0.2, -0.15) is 0 Å². The molecule has 8 heteroatoms. The quantitative estimate of drug-likeness (QED) is 0.186. The Bertz CT molecular complexity index is 1580. The maximum atomic E-state index is 10.1. The second kappa shape index (κ2) is 11.5. The minimum absolute atomic E-state index is 0.189. The minimum Gasteiger partial charge on any atom is -0.508 e. The van der Waals surface area contributed by atoms with Gasteiger partial charge in [-0.05, 0) is 124 Å². The molecular weight excluding hydrogens is 574 g/mol. The van der Waals surface area contributed by atoms with E-state index < -0.39 is 36.6 Å². The van der Waals surface area contributed by atoms with Crippen molar-refractivity contribution in [2.24, 2.45) is 0 Å². The van der Waals surface area contributed by atoms with Crippen LogP contribution < -0.4 is 10.9 Å². The highest BCUT2D eigenvalue weighted by atomic mass is 16.7. The minimum atomic E-state index is -0.473. The molecule has 6 rings (SSSR count). The van der Waals surface area contributed by atoms with Crippen molar-refractivity contribution in [2.45, 2.75) is 77.8 Å². The van der Waals surface area contributed by atoms with Crippen molar-refractivity contribution in [3.05, 3.63) is 119 Å². The first-order valence-corrected chi connectivity index (χ1v) is 15.8. The van der Waals surface area contributed by atoms with Gasteiger partial charge in [-0.15, -0.1) is 0 Å². The lowest BCUT2D eigenvalue weighted by Gasteiger charge is -2.32. The summed E-state index contributed by atoms with van der Waals surface area (Å²) >= 11 is 0. The number of aromatic hydroxyl groups is 2. The average molecular weight is 616 g/mol. The number of phenolic OH excluding ortho intramolecular Hbond substituents is 2. The van der Waals surface area contributed by atoms with Gasteiger partial charge in [0.15, 0.2) is 0 Å². The monoisotopic (exact) mass is 616 g/mol. The fourth-order valence-corrected chi connectivity index (χ4v) is 5.74. The standard InChI is InChI=1S/C38H42B2O6/c1-35(2)36(3,4)44-39(43-35)29-17-9-25(10-18-29)33(26-11-19-30(20-12-26)40-45-37(5,6)38(7,8)46-40)34(27-13-21-31(41)22-14-27)28-15-23-32(42)24-16-28/h9-24,41-42H,1-8H3. The zero-order valence-electron chi connectivity index (χ0n) is 27.9. The van der Waals surface area contributed by atoms with Crippen molar-refractivity contribution in [1.82, 2.24) is 0 Å². The summed E-state index contributed by atoms with van der Waals surface area (Å²) in [4.78, 5) is 0. The largest absolute Gasteiger partial charge is 0.508 e. The van der Waals surface area contributed by atoms with Gasteiger partial charge in [0.25, 0.3) is 0 Å². The summed E-state index contributed by atoms with van der Waals surface area (Å²) in [7, 11) is -0.946. The highest BCUT2D eigenvalue weighted by molar-refractivity contribution is 6.62. The van der Waals surface area contributed by atoms with Crippen LogP contribution in [0.4, 0.5) is 0 Å². The van der Waals surface area contributed by atoms with Crippen molar-refractivity contribution >= 4 is 36.3 Å². The SMILES string of the molecule is CC1(C)OB(c2ccc(C(=C(c3ccc(O)cc3)c3ccc(O)cc3)c3ccc(B4OC(C)(C)C(C)(C)O4)cc3)cc2)OC1(C)C.